The van der Waals surface area contributed by atoms with Gasteiger partial charge in [-0.3, -0.25) is 19.5 Å². The van der Waals surface area contributed by atoms with Crippen LogP contribution in [0.5, 0.6) is 17.2 Å². The van der Waals surface area contributed by atoms with E-state index < -0.39 is 17.9 Å². The summed E-state index contributed by atoms with van der Waals surface area (Å²) in [6.07, 6.45) is 1.59. The third-order valence-corrected chi connectivity index (χ3v) is 7.65. The number of amides is 2. The summed E-state index contributed by atoms with van der Waals surface area (Å²) >= 11 is 0. The number of benzene rings is 4. The van der Waals surface area contributed by atoms with Crippen molar-refractivity contribution in [3.8, 4) is 17.2 Å². The quantitative estimate of drug-likeness (QED) is 0.214. The van der Waals surface area contributed by atoms with E-state index in [0.717, 1.165) is 16.5 Å². The molecule has 1 N–H and O–H groups in total. The topological polar surface area (TPSA) is 121 Å². The van der Waals surface area contributed by atoms with Gasteiger partial charge < -0.3 is 19.5 Å². The second kappa shape index (κ2) is 13.3. The van der Waals surface area contributed by atoms with Gasteiger partial charge in [-0.15, -0.1) is 5.10 Å². The molecule has 0 saturated carbocycles. The van der Waals surface area contributed by atoms with E-state index in [9.17, 15) is 9.59 Å². The molecule has 232 valence electrons. The maximum absolute atomic E-state index is 14.6. The van der Waals surface area contributed by atoms with Crippen LogP contribution in [-0.4, -0.2) is 53.1 Å². The molecule has 0 saturated heterocycles. The van der Waals surface area contributed by atoms with Crippen molar-refractivity contribution in [2.45, 2.75) is 19.1 Å². The Kier molecular flexibility index (Phi) is 8.73. The van der Waals surface area contributed by atoms with E-state index in [1.807, 2.05) is 84.9 Å². The van der Waals surface area contributed by atoms with Gasteiger partial charge in [-0.25, -0.2) is 4.68 Å². The lowest BCUT2D eigenvalue weighted by molar-refractivity contribution is -0.127. The van der Waals surface area contributed by atoms with Crippen LogP contribution in [0, 0.1) is 0 Å². The molecule has 11 heteroatoms. The van der Waals surface area contributed by atoms with Gasteiger partial charge >= 0.3 is 0 Å². The van der Waals surface area contributed by atoms with E-state index >= 15 is 0 Å². The Morgan fingerprint density at radius 1 is 0.826 bits per heavy atom. The summed E-state index contributed by atoms with van der Waals surface area (Å²) in [6, 6.07) is 28.5. The lowest BCUT2D eigenvalue weighted by atomic mass is 10.0. The van der Waals surface area contributed by atoms with Gasteiger partial charge in [-0.05, 0) is 47.5 Å². The summed E-state index contributed by atoms with van der Waals surface area (Å²) in [5, 5.41) is 12.3. The number of ether oxygens (including phenoxy) is 3. The van der Waals surface area contributed by atoms with Gasteiger partial charge in [-0.1, -0.05) is 65.9 Å². The largest absolute Gasteiger partial charge is 0.493 e. The molecule has 6 rings (SSSR count). The zero-order chi connectivity index (χ0) is 32.0. The molecule has 0 fully saturated rings. The van der Waals surface area contributed by atoms with Crippen LogP contribution in [0.4, 0.5) is 5.69 Å². The SMILES string of the molecule is COc1cc(C(C(=O)NCc2ccccc2)N(C(=O)Cn2nnc3ccccc32)c2cnc3ccccc3c2)cc(OC)c1OC. The first-order chi connectivity index (χ1) is 22.5. The molecule has 46 heavy (non-hydrogen) atoms. The number of nitrogens with one attached hydrogen (secondary N) is 1. The molecule has 1 unspecified atom stereocenters. The second-order valence-electron chi connectivity index (χ2n) is 10.5. The molecular formula is C35H32N6O5. The average Bonchev–Trinajstić information content (AvgIpc) is 3.51. The predicted octanol–water partition coefficient (Wildman–Crippen LogP) is 5.10. The number of fused-ring (bicyclic) bond motifs is 2. The van der Waals surface area contributed by atoms with Crippen molar-refractivity contribution in [1.29, 1.82) is 0 Å². The van der Waals surface area contributed by atoms with E-state index in [1.54, 1.807) is 18.3 Å². The first-order valence-corrected chi connectivity index (χ1v) is 14.6. The normalized spacial score (nSPS) is 11.6. The Labute approximate surface area is 265 Å². The fourth-order valence-electron chi connectivity index (χ4n) is 5.43. The first-order valence-electron chi connectivity index (χ1n) is 14.6. The van der Waals surface area contributed by atoms with E-state index in [-0.39, 0.29) is 13.1 Å². The first kappa shape index (κ1) is 30.1. The molecule has 2 amide bonds. The highest BCUT2D eigenvalue weighted by Crippen LogP contribution is 2.42. The smallest absolute Gasteiger partial charge is 0.249 e. The molecule has 0 aliphatic rings. The number of anilines is 1. The third kappa shape index (κ3) is 6.03. The third-order valence-electron chi connectivity index (χ3n) is 7.65. The fourth-order valence-corrected chi connectivity index (χ4v) is 5.43. The van der Waals surface area contributed by atoms with E-state index in [1.165, 1.54) is 30.9 Å². The van der Waals surface area contributed by atoms with Crippen LogP contribution >= 0.6 is 0 Å². The van der Waals surface area contributed by atoms with Gasteiger partial charge in [-0.2, -0.15) is 0 Å². The summed E-state index contributed by atoms with van der Waals surface area (Å²) < 4.78 is 18.4. The highest BCUT2D eigenvalue weighted by atomic mass is 16.5. The number of pyridine rings is 1. The van der Waals surface area contributed by atoms with Gasteiger partial charge in [0.05, 0.1) is 44.2 Å². The number of hydrogen-bond acceptors (Lipinski definition) is 8. The Bertz CT molecular complexity index is 1990. The number of methoxy groups -OCH3 is 3. The van der Waals surface area contributed by atoms with Crippen molar-refractivity contribution < 1.29 is 23.8 Å². The molecule has 0 spiro atoms. The molecule has 0 aliphatic heterocycles. The van der Waals surface area contributed by atoms with Crippen molar-refractivity contribution in [2.24, 2.45) is 0 Å². The van der Waals surface area contributed by atoms with Crippen LogP contribution in [0.2, 0.25) is 0 Å². The summed E-state index contributed by atoms with van der Waals surface area (Å²) in [6.45, 7) is 0.0482. The summed E-state index contributed by atoms with van der Waals surface area (Å²) in [5.41, 5.74) is 3.84. The number of nitrogens with zero attached hydrogens (tertiary/aromatic N) is 5. The fraction of sp³-hybridized carbons (Fsp3) is 0.171. The van der Waals surface area contributed by atoms with Crippen LogP contribution in [0.1, 0.15) is 17.2 Å². The molecule has 0 bridgehead atoms. The minimum absolute atomic E-state index is 0.194. The zero-order valence-electron chi connectivity index (χ0n) is 25.6. The van der Waals surface area contributed by atoms with Crippen LogP contribution in [0.25, 0.3) is 21.9 Å². The molecule has 11 nitrogen and oxygen atoms in total. The summed E-state index contributed by atoms with van der Waals surface area (Å²) in [7, 11) is 4.50. The van der Waals surface area contributed by atoms with Crippen molar-refractivity contribution in [3.05, 3.63) is 114 Å². The minimum atomic E-state index is -1.18. The number of hydrogen-bond donors (Lipinski definition) is 1. The van der Waals surface area contributed by atoms with Gasteiger partial charge in [0.1, 0.15) is 18.1 Å². The Balaban J connectivity index is 1.51. The monoisotopic (exact) mass is 616 g/mol. The molecule has 6 aromatic rings. The lowest BCUT2D eigenvalue weighted by Gasteiger charge is -2.32. The van der Waals surface area contributed by atoms with Crippen LogP contribution in [0.3, 0.4) is 0 Å². The van der Waals surface area contributed by atoms with E-state index in [0.29, 0.717) is 39.5 Å². The number of para-hydroxylation sites is 2. The Morgan fingerprint density at radius 3 is 2.22 bits per heavy atom. The number of aromatic nitrogens is 4. The summed E-state index contributed by atoms with van der Waals surface area (Å²) in [4.78, 5) is 35.0. The van der Waals surface area contributed by atoms with E-state index in [2.05, 4.69) is 20.6 Å². The van der Waals surface area contributed by atoms with Crippen molar-refractivity contribution >= 4 is 39.4 Å². The maximum Gasteiger partial charge on any atom is 0.249 e. The second-order valence-corrected chi connectivity index (χ2v) is 10.5. The van der Waals surface area contributed by atoms with Crippen LogP contribution in [-0.2, 0) is 22.7 Å². The van der Waals surface area contributed by atoms with Gasteiger partial charge in [0.2, 0.25) is 17.6 Å². The standard InChI is InChI=1S/C35H32N6O5/c1-44-30-18-25(19-31(45-2)34(30)46-3)33(35(43)37-20-23-11-5-4-6-12-23)41(26-17-24-13-7-8-14-27(24)36-21-26)32(42)22-40-29-16-10-9-15-28(29)38-39-40/h4-19,21,33H,20,22H2,1-3H3,(H,37,43). The van der Waals surface area contributed by atoms with Gasteiger partial charge in [0.15, 0.2) is 11.5 Å². The molecule has 1 atom stereocenters. The molecule has 0 aliphatic carbocycles. The zero-order valence-corrected chi connectivity index (χ0v) is 25.6. The Hall–Kier alpha value is -5.97. The van der Waals surface area contributed by atoms with Crippen molar-refractivity contribution in [1.82, 2.24) is 25.3 Å². The lowest BCUT2D eigenvalue weighted by Crippen LogP contribution is -2.45. The maximum atomic E-state index is 14.6. The van der Waals surface area contributed by atoms with Crippen molar-refractivity contribution in [2.75, 3.05) is 26.2 Å². The minimum Gasteiger partial charge on any atom is -0.493 e. The number of rotatable bonds is 11. The highest BCUT2D eigenvalue weighted by Gasteiger charge is 2.35. The number of carbonyl (C=O) groups is 2. The van der Waals surface area contributed by atoms with Crippen molar-refractivity contribution in [3.63, 3.8) is 0 Å². The number of carbonyl (C=O) groups excluding carboxylic acids is 2. The van der Waals surface area contributed by atoms with Gasteiger partial charge in [0.25, 0.3) is 0 Å². The molecule has 4 aromatic carbocycles. The van der Waals surface area contributed by atoms with Crippen LogP contribution < -0.4 is 24.4 Å². The molecule has 2 heterocycles. The summed E-state index contributed by atoms with van der Waals surface area (Å²) in [5.74, 6) is 0.189. The average molecular weight is 617 g/mol. The Morgan fingerprint density at radius 2 is 1.50 bits per heavy atom. The van der Waals surface area contributed by atoms with E-state index in [4.69, 9.17) is 14.2 Å². The predicted molar refractivity (Wildman–Crippen MR) is 174 cm³/mol. The molecule has 2 aromatic heterocycles. The van der Waals surface area contributed by atoms with Crippen LogP contribution in [0.15, 0.2) is 103 Å². The highest BCUT2D eigenvalue weighted by molar-refractivity contribution is 6.02. The molecule has 0 radical (unpaired) electrons. The van der Waals surface area contributed by atoms with Gasteiger partial charge in [0, 0.05) is 11.9 Å². The molecular weight excluding hydrogens is 584 g/mol.